The maximum Gasteiger partial charge on any atom is 0.244 e. The Bertz CT molecular complexity index is 1430. The molecule has 0 aliphatic carbocycles. The Hall–Kier alpha value is -3.72. The van der Waals surface area contributed by atoms with E-state index in [1.54, 1.807) is 37.3 Å². The van der Waals surface area contributed by atoms with E-state index in [-0.39, 0.29) is 30.4 Å². The first-order valence-corrected chi connectivity index (χ1v) is 15.1. The lowest BCUT2D eigenvalue weighted by atomic mass is 10.0. The van der Waals surface area contributed by atoms with Crippen LogP contribution >= 0.6 is 0 Å². The van der Waals surface area contributed by atoms with E-state index in [4.69, 9.17) is 0 Å². The summed E-state index contributed by atoms with van der Waals surface area (Å²) in [5.41, 5.74) is 2.93. The number of nitrogens with one attached hydrogen (secondary N) is 1. The second-order valence-corrected chi connectivity index (χ2v) is 12.4. The van der Waals surface area contributed by atoms with Crippen LogP contribution < -0.4 is 9.62 Å². The summed E-state index contributed by atoms with van der Waals surface area (Å²) in [5, 5.41) is 2.91. The third-order valence-corrected chi connectivity index (χ3v) is 7.69. The summed E-state index contributed by atoms with van der Waals surface area (Å²) < 4.78 is 41.8. The topological polar surface area (TPSA) is 86.8 Å². The number of aryl methyl sites for hydroxylation is 2. The lowest BCUT2D eigenvalue weighted by Crippen LogP contribution is -2.53. The Balaban J connectivity index is 2.08. The zero-order chi connectivity index (χ0) is 29.4. The minimum Gasteiger partial charge on any atom is -0.354 e. The molecule has 3 aromatic rings. The first-order valence-electron chi connectivity index (χ1n) is 13.3. The van der Waals surface area contributed by atoms with Gasteiger partial charge in [-0.1, -0.05) is 74.5 Å². The molecule has 3 rings (SSSR count). The molecule has 0 fully saturated rings. The molecule has 214 valence electrons. The zero-order valence-electron chi connectivity index (χ0n) is 23.7. The van der Waals surface area contributed by atoms with Crippen LogP contribution in [0.1, 0.15) is 36.1 Å². The summed E-state index contributed by atoms with van der Waals surface area (Å²) in [7, 11) is -3.88. The Kier molecular flexibility index (Phi) is 10.5. The standard InChI is InChI=1S/C31H38FN3O4S/c1-22(2)19-33-31(37)29(18-25-11-7-6-8-12-25)34(20-26-13-9-10-14-27(26)32)30(36)21-35(40(5,38)39)28-17-23(3)15-16-24(28)4/h6-17,22,29H,18-21H2,1-5H3,(H,33,37). The van der Waals surface area contributed by atoms with Crippen LogP contribution in [0.2, 0.25) is 0 Å². The Morgan fingerprint density at radius 2 is 1.60 bits per heavy atom. The van der Waals surface area contributed by atoms with Crippen LogP contribution in [0.5, 0.6) is 0 Å². The fourth-order valence-corrected chi connectivity index (χ4v) is 5.27. The molecule has 0 heterocycles. The third kappa shape index (κ3) is 8.39. The van der Waals surface area contributed by atoms with Crippen molar-refractivity contribution in [3.63, 3.8) is 0 Å². The highest BCUT2D eigenvalue weighted by atomic mass is 32.2. The second kappa shape index (κ2) is 13.6. The van der Waals surface area contributed by atoms with Gasteiger partial charge in [-0.3, -0.25) is 13.9 Å². The normalized spacial score (nSPS) is 12.2. The molecule has 1 N–H and O–H groups in total. The minimum absolute atomic E-state index is 0.169. The minimum atomic E-state index is -3.88. The van der Waals surface area contributed by atoms with E-state index in [1.807, 2.05) is 57.2 Å². The predicted molar refractivity (Wildman–Crippen MR) is 157 cm³/mol. The quantitative estimate of drug-likeness (QED) is 0.346. The molecule has 40 heavy (non-hydrogen) atoms. The molecule has 1 atom stereocenters. The van der Waals surface area contributed by atoms with Crippen LogP contribution in [-0.2, 0) is 32.6 Å². The molecule has 0 aromatic heterocycles. The van der Waals surface area contributed by atoms with Crippen molar-refractivity contribution in [2.24, 2.45) is 5.92 Å². The summed E-state index contributed by atoms with van der Waals surface area (Å²) in [5.74, 6) is -1.35. The van der Waals surface area contributed by atoms with Crippen LogP contribution in [0.25, 0.3) is 0 Å². The van der Waals surface area contributed by atoms with Crippen molar-refractivity contribution in [3.8, 4) is 0 Å². The fourth-order valence-electron chi connectivity index (χ4n) is 4.37. The number of carbonyl (C=O) groups excluding carboxylic acids is 2. The summed E-state index contributed by atoms with van der Waals surface area (Å²) in [6.07, 6.45) is 1.22. The molecule has 3 aromatic carbocycles. The molecule has 0 bridgehead atoms. The number of halogens is 1. The van der Waals surface area contributed by atoms with Gasteiger partial charge in [0.2, 0.25) is 21.8 Å². The van der Waals surface area contributed by atoms with Crippen molar-refractivity contribution in [3.05, 3.63) is 101 Å². The van der Waals surface area contributed by atoms with Gasteiger partial charge in [-0.15, -0.1) is 0 Å². The molecule has 0 saturated carbocycles. The van der Waals surface area contributed by atoms with Crippen LogP contribution in [0.3, 0.4) is 0 Å². The van der Waals surface area contributed by atoms with Crippen LogP contribution in [0.4, 0.5) is 10.1 Å². The monoisotopic (exact) mass is 567 g/mol. The van der Waals surface area contributed by atoms with E-state index >= 15 is 0 Å². The van der Waals surface area contributed by atoms with Gasteiger partial charge in [0.1, 0.15) is 18.4 Å². The molecule has 7 nitrogen and oxygen atoms in total. The molecule has 0 spiro atoms. The molecular weight excluding hydrogens is 529 g/mol. The first kappa shape index (κ1) is 30.8. The SMILES string of the molecule is Cc1ccc(C)c(N(CC(=O)N(Cc2ccccc2F)C(Cc2ccccc2)C(=O)NCC(C)C)S(C)(=O)=O)c1. The van der Waals surface area contributed by atoms with Crippen LogP contribution in [-0.4, -0.2) is 50.5 Å². The number of benzene rings is 3. The number of anilines is 1. The van der Waals surface area contributed by atoms with E-state index < -0.39 is 34.3 Å². The molecule has 0 aliphatic heterocycles. The van der Waals surface area contributed by atoms with Crippen molar-refractivity contribution < 1.29 is 22.4 Å². The lowest BCUT2D eigenvalue weighted by Gasteiger charge is -2.34. The number of hydrogen-bond donors (Lipinski definition) is 1. The molecule has 0 saturated heterocycles. The second-order valence-electron chi connectivity index (χ2n) is 10.5. The average Bonchev–Trinajstić information content (AvgIpc) is 2.90. The van der Waals surface area contributed by atoms with E-state index in [1.165, 1.54) is 11.0 Å². The Labute approximate surface area is 237 Å². The van der Waals surface area contributed by atoms with Crippen molar-refractivity contribution in [2.75, 3.05) is 23.7 Å². The van der Waals surface area contributed by atoms with Crippen molar-refractivity contribution in [1.82, 2.24) is 10.2 Å². The van der Waals surface area contributed by atoms with Crippen LogP contribution in [0.15, 0.2) is 72.8 Å². The summed E-state index contributed by atoms with van der Waals surface area (Å²) >= 11 is 0. The number of hydrogen-bond acceptors (Lipinski definition) is 4. The van der Waals surface area contributed by atoms with Gasteiger partial charge in [0.25, 0.3) is 0 Å². The number of nitrogens with zero attached hydrogens (tertiary/aromatic N) is 2. The van der Waals surface area contributed by atoms with Gasteiger partial charge in [0.05, 0.1) is 11.9 Å². The summed E-state index contributed by atoms with van der Waals surface area (Å²) in [6, 6.07) is 19.7. The van der Waals surface area contributed by atoms with Crippen LogP contribution in [0, 0.1) is 25.6 Å². The predicted octanol–water partition coefficient (Wildman–Crippen LogP) is 4.62. The third-order valence-electron chi connectivity index (χ3n) is 6.57. The highest BCUT2D eigenvalue weighted by molar-refractivity contribution is 7.92. The summed E-state index contributed by atoms with van der Waals surface area (Å²) in [6.45, 7) is 7.18. The highest BCUT2D eigenvalue weighted by Gasteiger charge is 2.33. The molecule has 1 unspecified atom stereocenters. The fraction of sp³-hybridized carbons (Fsp3) is 0.355. The van der Waals surface area contributed by atoms with Gasteiger partial charge in [-0.2, -0.15) is 0 Å². The number of carbonyl (C=O) groups is 2. The van der Waals surface area contributed by atoms with E-state index in [0.29, 0.717) is 17.8 Å². The maximum atomic E-state index is 14.8. The van der Waals surface area contributed by atoms with Gasteiger partial charge in [0.15, 0.2) is 0 Å². The van der Waals surface area contributed by atoms with Gasteiger partial charge < -0.3 is 10.2 Å². The van der Waals surface area contributed by atoms with Gasteiger partial charge >= 0.3 is 0 Å². The van der Waals surface area contributed by atoms with Crippen molar-refractivity contribution in [2.45, 2.75) is 46.7 Å². The Morgan fingerprint density at radius 1 is 0.950 bits per heavy atom. The largest absolute Gasteiger partial charge is 0.354 e. The molecule has 9 heteroatoms. The number of sulfonamides is 1. The van der Waals surface area contributed by atoms with Crippen molar-refractivity contribution in [1.29, 1.82) is 0 Å². The zero-order valence-corrected chi connectivity index (χ0v) is 24.5. The number of rotatable bonds is 12. The smallest absolute Gasteiger partial charge is 0.244 e. The lowest BCUT2D eigenvalue weighted by molar-refractivity contribution is -0.140. The van der Waals surface area contributed by atoms with E-state index in [0.717, 1.165) is 21.7 Å². The van der Waals surface area contributed by atoms with Gasteiger partial charge in [-0.05, 0) is 48.6 Å². The first-order chi connectivity index (χ1) is 18.9. The molecule has 0 aliphatic rings. The van der Waals surface area contributed by atoms with E-state index in [2.05, 4.69) is 5.32 Å². The molecule has 2 amide bonds. The maximum absolute atomic E-state index is 14.8. The van der Waals surface area contributed by atoms with Crippen molar-refractivity contribution >= 4 is 27.5 Å². The van der Waals surface area contributed by atoms with E-state index in [9.17, 15) is 22.4 Å². The highest BCUT2D eigenvalue weighted by Crippen LogP contribution is 2.25. The molecule has 0 radical (unpaired) electrons. The van der Waals surface area contributed by atoms with Gasteiger partial charge in [-0.25, -0.2) is 12.8 Å². The summed E-state index contributed by atoms with van der Waals surface area (Å²) in [4.78, 5) is 29.0. The Morgan fingerprint density at radius 3 is 2.23 bits per heavy atom. The molecular formula is C31H38FN3O4S. The van der Waals surface area contributed by atoms with Gasteiger partial charge in [0, 0.05) is 25.1 Å². The average molecular weight is 568 g/mol. The number of amides is 2.